The van der Waals surface area contributed by atoms with Crippen molar-refractivity contribution in [1.29, 1.82) is 0 Å². The predicted octanol–water partition coefficient (Wildman–Crippen LogP) is -0.0514. The number of hydrogen-bond acceptors (Lipinski definition) is 4. The molecule has 2 aliphatic rings. The van der Waals surface area contributed by atoms with Crippen molar-refractivity contribution in [1.82, 2.24) is 9.80 Å². The summed E-state index contributed by atoms with van der Waals surface area (Å²) in [4.78, 5) is 27.1. The minimum absolute atomic E-state index is 0.0573. The quantitative estimate of drug-likeness (QED) is 0.698. The lowest BCUT2D eigenvalue weighted by atomic mass is 10.0. The zero-order valence-electron chi connectivity index (χ0n) is 10.2. The molecule has 0 aliphatic carbocycles. The number of carbonyl (C=O) groups is 2. The van der Waals surface area contributed by atoms with E-state index in [1.165, 1.54) is 17.7 Å². The molecule has 0 aromatic rings. The van der Waals surface area contributed by atoms with E-state index in [9.17, 15) is 9.59 Å². The van der Waals surface area contributed by atoms with Crippen LogP contribution in [0, 0.1) is 0 Å². The molecule has 0 bridgehead atoms. The van der Waals surface area contributed by atoms with Gasteiger partial charge in [-0.1, -0.05) is 0 Å². The lowest BCUT2D eigenvalue weighted by Crippen LogP contribution is -2.51. The molecule has 0 radical (unpaired) electrons. The molecular formula is C12H21N3O2. The molecule has 0 aromatic heterocycles. The van der Waals surface area contributed by atoms with Crippen LogP contribution in [-0.2, 0) is 9.59 Å². The summed E-state index contributed by atoms with van der Waals surface area (Å²) < 4.78 is 0. The summed E-state index contributed by atoms with van der Waals surface area (Å²) in [6.45, 7) is 3.82. The minimum Gasteiger partial charge on any atom is -0.320 e. The number of imide groups is 1. The molecule has 1 atom stereocenters. The highest BCUT2D eigenvalue weighted by Gasteiger charge is 2.31. The summed E-state index contributed by atoms with van der Waals surface area (Å²) in [5.41, 5.74) is 5.67. The van der Waals surface area contributed by atoms with E-state index in [0.29, 0.717) is 19.4 Å². The van der Waals surface area contributed by atoms with Gasteiger partial charge in [0.15, 0.2) is 0 Å². The van der Waals surface area contributed by atoms with Crippen LogP contribution < -0.4 is 5.73 Å². The Bertz CT molecular complexity index is 300. The maximum atomic E-state index is 11.7. The average Bonchev–Trinajstić information content (AvgIpc) is 2.81. The number of rotatable bonds is 4. The average molecular weight is 239 g/mol. The predicted molar refractivity (Wildman–Crippen MR) is 64.2 cm³/mol. The fourth-order valence-corrected chi connectivity index (χ4v) is 2.55. The van der Waals surface area contributed by atoms with Crippen LogP contribution in [0.25, 0.3) is 0 Å². The van der Waals surface area contributed by atoms with Crippen molar-refractivity contribution in [3.63, 3.8) is 0 Å². The highest BCUT2D eigenvalue weighted by molar-refractivity contribution is 6.00. The maximum Gasteiger partial charge on any atom is 0.246 e. The van der Waals surface area contributed by atoms with Crippen LogP contribution in [0.3, 0.4) is 0 Å². The number of nitrogens with zero attached hydrogens (tertiary/aromatic N) is 2. The Balaban J connectivity index is 1.76. The Labute approximate surface area is 102 Å². The summed E-state index contributed by atoms with van der Waals surface area (Å²) in [7, 11) is 0. The third-order valence-electron chi connectivity index (χ3n) is 3.61. The van der Waals surface area contributed by atoms with Crippen LogP contribution in [0.5, 0.6) is 0 Å². The molecule has 17 heavy (non-hydrogen) atoms. The van der Waals surface area contributed by atoms with Crippen LogP contribution in [0.1, 0.15) is 32.1 Å². The van der Waals surface area contributed by atoms with Gasteiger partial charge in [-0.15, -0.1) is 0 Å². The summed E-state index contributed by atoms with van der Waals surface area (Å²) in [5, 5.41) is 0. The van der Waals surface area contributed by atoms with Crippen molar-refractivity contribution in [3.8, 4) is 0 Å². The molecule has 2 amide bonds. The molecule has 5 heteroatoms. The van der Waals surface area contributed by atoms with Gasteiger partial charge < -0.3 is 10.6 Å². The van der Waals surface area contributed by atoms with Crippen molar-refractivity contribution >= 4 is 11.8 Å². The SMILES string of the molecule is NC1CCC(=O)N(CCCN2CCCC2)C1=O. The van der Waals surface area contributed by atoms with E-state index >= 15 is 0 Å². The maximum absolute atomic E-state index is 11.7. The van der Waals surface area contributed by atoms with E-state index in [-0.39, 0.29) is 11.8 Å². The summed E-state index contributed by atoms with van der Waals surface area (Å²) >= 11 is 0. The smallest absolute Gasteiger partial charge is 0.246 e. The van der Waals surface area contributed by atoms with Crippen molar-refractivity contribution < 1.29 is 9.59 Å². The highest BCUT2D eigenvalue weighted by Crippen LogP contribution is 2.13. The molecule has 2 rings (SSSR count). The van der Waals surface area contributed by atoms with Crippen LogP contribution in [-0.4, -0.2) is 53.8 Å². The van der Waals surface area contributed by atoms with Gasteiger partial charge in [-0.2, -0.15) is 0 Å². The summed E-state index contributed by atoms with van der Waals surface area (Å²) in [5.74, 6) is -0.249. The van der Waals surface area contributed by atoms with E-state index < -0.39 is 6.04 Å². The second-order valence-corrected chi connectivity index (χ2v) is 4.93. The van der Waals surface area contributed by atoms with Gasteiger partial charge in [0, 0.05) is 13.0 Å². The number of likely N-dealkylation sites (tertiary alicyclic amines) is 2. The first kappa shape index (κ1) is 12.5. The van der Waals surface area contributed by atoms with Gasteiger partial charge in [0.25, 0.3) is 0 Å². The fourth-order valence-electron chi connectivity index (χ4n) is 2.55. The van der Waals surface area contributed by atoms with Crippen LogP contribution in [0.2, 0.25) is 0 Å². The van der Waals surface area contributed by atoms with Crippen LogP contribution in [0.15, 0.2) is 0 Å². The monoisotopic (exact) mass is 239 g/mol. The first-order valence-electron chi connectivity index (χ1n) is 6.50. The Morgan fingerprint density at radius 2 is 1.88 bits per heavy atom. The van der Waals surface area contributed by atoms with E-state index in [4.69, 9.17) is 5.73 Å². The number of piperidine rings is 1. The Hall–Kier alpha value is -0.940. The van der Waals surface area contributed by atoms with Gasteiger partial charge in [-0.3, -0.25) is 14.5 Å². The lowest BCUT2D eigenvalue weighted by molar-refractivity contribution is -0.149. The molecule has 2 saturated heterocycles. The van der Waals surface area contributed by atoms with Gasteiger partial charge in [0.1, 0.15) is 0 Å². The molecule has 2 heterocycles. The second-order valence-electron chi connectivity index (χ2n) is 4.93. The third-order valence-corrected chi connectivity index (χ3v) is 3.61. The van der Waals surface area contributed by atoms with E-state index in [2.05, 4.69) is 4.90 Å². The lowest BCUT2D eigenvalue weighted by Gasteiger charge is -2.29. The zero-order valence-corrected chi connectivity index (χ0v) is 10.2. The number of amides is 2. The molecule has 96 valence electrons. The van der Waals surface area contributed by atoms with Crippen molar-refractivity contribution in [3.05, 3.63) is 0 Å². The zero-order chi connectivity index (χ0) is 12.3. The molecule has 1 unspecified atom stereocenters. The van der Waals surface area contributed by atoms with Crippen LogP contribution >= 0.6 is 0 Å². The highest BCUT2D eigenvalue weighted by atomic mass is 16.2. The molecule has 0 saturated carbocycles. The number of hydrogen-bond donors (Lipinski definition) is 1. The van der Waals surface area contributed by atoms with Crippen molar-refractivity contribution in [2.75, 3.05) is 26.2 Å². The standard InChI is InChI=1S/C12H21N3O2/c13-10-4-5-11(16)15(12(10)17)9-3-8-14-6-1-2-7-14/h10H,1-9,13H2. The van der Waals surface area contributed by atoms with Crippen LogP contribution in [0.4, 0.5) is 0 Å². The van der Waals surface area contributed by atoms with Crippen molar-refractivity contribution in [2.24, 2.45) is 5.73 Å². The van der Waals surface area contributed by atoms with Gasteiger partial charge in [0.2, 0.25) is 11.8 Å². The first-order valence-corrected chi connectivity index (χ1v) is 6.50. The van der Waals surface area contributed by atoms with Gasteiger partial charge in [-0.25, -0.2) is 0 Å². The van der Waals surface area contributed by atoms with E-state index in [1.54, 1.807) is 0 Å². The molecule has 0 aromatic carbocycles. The molecule has 2 aliphatic heterocycles. The van der Waals surface area contributed by atoms with Gasteiger partial charge >= 0.3 is 0 Å². The molecular weight excluding hydrogens is 218 g/mol. The van der Waals surface area contributed by atoms with Gasteiger partial charge in [0.05, 0.1) is 6.04 Å². The minimum atomic E-state index is -0.473. The normalized spacial score (nSPS) is 26.9. The Kier molecular flexibility index (Phi) is 4.12. The molecule has 2 fully saturated rings. The molecule has 0 spiro atoms. The summed E-state index contributed by atoms with van der Waals surface area (Å²) in [6, 6.07) is -0.473. The topological polar surface area (TPSA) is 66.6 Å². The Morgan fingerprint density at radius 1 is 1.18 bits per heavy atom. The van der Waals surface area contributed by atoms with Gasteiger partial charge in [-0.05, 0) is 45.3 Å². The number of carbonyl (C=O) groups excluding carboxylic acids is 2. The van der Waals surface area contributed by atoms with E-state index in [0.717, 1.165) is 26.1 Å². The van der Waals surface area contributed by atoms with Crippen molar-refractivity contribution in [2.45, 2.75) is 38.1 Å². The third kappa shape index (κ3) is 3.04. The van der Waals surface area contributed by atoms with E-state index in [1.807, 2.05) is 0 Å². The fraction of sp³-hybridized carbons (Fsp3) is 0.833. The first-order chi connectivity index (χ1) is 8.18. The molecule has 2 N–H and O–H groups in total. The summed E-state index contributed by atoms with van der Waals surface area (Å²) in [6.07, 6.45) is 4.32. The second kappa shape index (κ2) is 5.60. The number of nitrogens with two attached hydrogens (primary N) is 1. The molecule has 5 nitrogen and oxygen atoms in total. The Morgan fingerprint density at radius 3 is 2.59 bits per heavy atom. The largest absolute Gasteiger partial charge is 0.320 e.